The number of carbonyl (C=O) groups is 1. The van der Waals surface area contributed by atoms with Gasteiger partial charge in [-0.2, -0.15) is 4.31 Å². The number of nitrogens with one attached hydrogen (secondary N) is 1. The summed E-state index contributed by atoms with van der Waals surface area (Å²) in [6.07, 6.45) is 11.2. The first-order valence-electron chi connectivity index (χ1n) is 11.8. The van der Waals surface area contributed by atoms with Crippen molar-refractivity contribution in [2.45, 2.75) is 61.7 Å². The Morgan fingerprint density at radius 1 is 1.12 bits per heavy atom. The molecule has 5 aliphatic rings. The zero-order valence-electron chi connectivity index (χ0n) is 18.4. The molecule has 172 valence electrons. The number of amides is 1. The van der Waals surface area contributed by atoms with Gasteiger partial charge in [-0.25, -0.2) is 13.4 Å². The Labute approximate surface area is 193 Å². The summed E-state index contributed by atoms with van der Waals surface area (Å²) >= 11 is 1.48. The summed E-state index contributed by atoms with van der Waals surface area (Å²) in [6, 6.07) is 1.48. The standard InChI is InChI=1S/C23H30N4O3S2/c1-26-13-18(32(29,30)27-4-2-3-5-27)9-19(26)21(28)25-22-24-20(14-31-22)23-10-15-6-16(11-23)8-17(7-15)12-23/h9,13-17H,2-8,10-12H2,1H3,(H,24,25,28). The van der Waals surface area contributed by atoms with Crippen LogP contribution >= 0.6 is 11.3 Å². The molecular weight excluding hydrogens is 444 g/mol. The van der Waals surface area contributed by atoms with Crippen molar-refractivity contribution in [1.29, 1.82) is 0 Å². The van der Waals surface area contributed by atoms with E-state index in [2.05, 4.69) is 10.7 Å². The number of rotatable bonds is 5. The summed E-state index contributed by atoms with van der Waals surface area (Å²) in [4.78, 5) is 18.0. The van der Waals surface area contributed by atoms with Gasteiger partial charge in [0.15, 0.2) is 5.13 Å². The lowest BCUT2D eigenvalue weighted by Crippen LogP contribution is -2.48. The average Bonchev–Trinajstić information content (AvgIpc) is 3.48. The van der Waals surface area contributed by atoms with E-state index in [9.17, 15) is 13.2 Å². The Hall–Kier alpha value is -1.71. The SMILES string of the molecule is Cn1cc(S(=O)(=O)N2CCCC2)cc1C(=O)Nc1nc(C23CC4CC(CC(C4)C2)C3)cs1. The quantitative estimate of drug-likeness (QED) is 0.710. The van der Waals surface area contributed by atoms with Crippen molar-refractivity contribution in [3.05, 3.63) is 29.0 Å². The maximum Gasteiger partial charge on any atom is 0.274 e. The number of sulfonamides is 1. The van der Waals surface area contributed by atoms with Crippen LogP contribution in [0.5, 0.6) is 0 Å². The van der Waals surface area contributed by atoms with Gasteiger partial charge < -0.3 is 4.57 Å². The first-order chi connectivity index (χ1) is 15.3. The lowest BCUT2D eigenvalue weighted by molar-refractivity contribution is -0.00688. The Morgan fingerprint density at radius 2 is 1.75 bits per heavy atom. The summed E-state index contributed by atoms with van der Waals surface area (Å²) in [5, 5.41) is 5.66. The van der Waals surface area contributed by atoms with Crippen LogP contribution in [0.1, 0.15) is 67.5 Å². The average molecular weight is 475 g/mol. The number of nitrogens with zero attached hydrogens (tertiary/aromatic N) is 3. The van der Waals surface area contributed by atoms with Gasteiger partial charge in [0.2, 0.25) is 10.0 Å². The van der Waals surface area contributed by atoms with Gasteiger partial charge in [0.05, 0.1) is 5.69 Å². The first kappa shape index (κ1) is 20.9. The van der Waals surface area contributed by atoms with E-state index in [0.717, 1.165) is 36.3 Å². The lowest BCUT2D eigenvalue weighted by Gasteiger charge is -2.56. The third kappa shape index (κ3) is 3.35. The van der Waals surface area contributed by atoms with E-state index in [-0.39, 0.29) is 16.2 Å². The second kappa shape index (κ2) is 7.40. The van der Waals surface area contributed by atoms with Crippen LogP contribution in [0.3, 0.4) is 0 Å². The van der Waals surface area contributed by atoms with Gasteiger partial charge in [-0.15, -0.1) is 11.3 Å². The fourth-order valence-electron chi connectivity index (χ4n) is 7.14. The number of anilines is 1. The van der Waals surface area contributed by atoms with Gasteiger partial charge >= 0.3 is 0 Å². The van der Waals surface area contributed by atoms with E-state index in [1.54, 1.807) is 11.6 Å². The molecule has 0 aromatic carbocycles. The van der Waals surface area contributed by atoms with E-state index in [0.29, 0.717) is 23.9 Å². The molecule has 1 N–H and O–H groups in total. The van der Waals surface area contributed by atoms with Gasteiger partial charge in [-0.3, -0.25) is 10.1 Å². The molecule has 7 nitrogen and oxygen atoms in total. The fourth-order valence-corrected chi connectivity index (χ4v) is 9.56. The van der Waals surface area contributed by atoms with Crippen molar-refractivity contribution in [3.63, 3.8) is 0 Å². The van der Waals surface area contributed by atoms with Gasteiger partial charge in [-0.05, 0) is 75.2 Å². The molecule has 2 aromatic rings. The molecule has 4 bridgehead atoms. The maximum absolute atomic E-state index is 13.0. The van der Waals surface area contributed by atoms with Crippen molar-refractivity contribution >= 4 is 32.4 Å². The molecule has 0 radical (unpaired) electrons. The van der Waals surface area contributed by atoms with Crippen LogP contribution in [0.4, 0.5) is 5.13 Å². The minimum Gasteiger partial charge on any atom is -0.345 e. The topological polar surface area (TPSA) is 84.3 Å². The van der Waals surface area contributed by atoms with Crippen molar-refractivity contribution in [2.75, 3.05) is 18.4 Å². The highest BCUT2D eigenvalue weighted by molar-refractivity contribution is 7.89. The molecule has 4 aliphatic carbocycles. The molecule has 7 rings (SSSR count). The van der Waals surface area contributed by atoms with Crippen molar-refractivity contribution in [1.82, 2.24) is 13.9 Å². The molecule has 2 aromatic heterocycles. The fraction of sp³-hybridized carbons (Fsp3) is 0.652. The van der Waals surface area contributed by atoms with Crippen molar-refractivity contribution in [3.8, 4) is 0 Å². The number of aromatic nitrogens is 2. The Morgan fingerprint density at radius 3 is 2.38 bits per heavy atom. The number of carbonyl (C=O) groups excluding carboxylic acids is 1. The van der Waals surface area contributed by atoms with E-state index >= 15 is 0 Å². The van der Waals surface area contributed by atoms with Gasteiger partial charge in [-0.1, -0.05) is 0 Å². The van der Waals surface area contributed by atoms with Crippen LogP contribution in [0.2, 0.25) is 0 Å². The van der Waals surface area contributed by atoms with Crippen LogP contribution in [0.25, 0.3) is 0 Å². The van der Waals surface area contributed by atoms with Crippen LogP contribution in [-0.2, 0) is 22.5 Å². The Bertz CT molecular complexity index is 1120. The van der Waals surface area contributed by atoms with Crippen molar-refractivity contribution < 1.29 is 13.2 Å². The molecule has 5 fully saturated rings. The van der Waals surface area contributed by atoms with E-state index in [1.165, 1.54) is 66.4 Å². The summed E-state index contributed by atoms with van der Waals surface area (Å²) in [5.41, 5.74) is 1.69. The van der Waals surface area contributed by atoms with Gasteiger partial charge in [0.1, 0.15) is 10.6 Å². The van der Waals surface area contributed by atoms with Gasteiger partial charge in [0, 0.05) is 37.1 Å². The summed E-state index contributed by atoms with van der Waals surface area (Å²) in [5.74, 6) is 2.22. The van der Waals surface area contributed by atoms with E-state index in [4.69, 9.17) is 4.98 Å². The minimum atomic E-state index is -3.55. The monoisotopic (exact) mass is 474 g/mol. The van der Waals surface area contributed by atoms with Gasteiger partial charge in [0.25, 0.3) is 5.91 Å². The molecule has 0 atom stereocenters. The second-order valence-electron chi connectivity index (χ2n) is 10.5. The van der Waals surface area contributed by atoms with E-state index in [1.807, 2.05) is 0 Å². The second-order valence-corrected chi connectivity index (χ2v) is 13.3. The minimum absolute atomic E-state index is 0.181. The normalized spacial score (nSPS) is 32.0. The molecule has 0 spiro atoms. The largest absolute Gasteiger partial charge is 0.345 e. The highest BCUT2D eigenvalue weighted by Crippen LogP contribution is 2.60. The smallest absolute Gasteiger partial charge is 0.274 e. The van der Waals surface area contributed by atoms with Crippen molar-refractivity contribution in [2.24, 2.45) is 24.8 Å². The lowest BCUT2D eigenvalue weighted by atomic mass is 9.49. The number of hydrogen-bond acceptors (Lipinski definition) is 5. The number of thiazole rings is 1. The summed E-state index contributed by atoms with van der Waals surface area (Å²) in [7, 11) is -1.84. The van der Waals surface area contributed by atoms with Crippen LogP contribution in [0.15, 0.2) is 22.5 Å². The van der Waals surface area contributed by atoms with Crippen LogP contribution in [0, 0.1) is 17.8 Å². The molecule has 0 unspecified atom stereocenters. The number of aryl methyl sites for hydroxylation is 1. The molecule has 1 amide bonds. The summed E-state index contributed by atoms with van der Waals surface area (Å²) < 4.78 is 28.8. The first-order valence-corrected chi connectivity index (χ1v) is 14.1. The van der Waals surface area contributed by atoms with Crippen LogP contribution < -0.4 is 5.32 Å². The molecule has 32 heavy (non-hydrogen) atoms. The summed E-state index contributed by atoms with van der Waals surface area (Å²) in [6.45, 7) is 1.09. The molecule has 4 saturated carbocycles. The Kier molecular flexibility index (Phi) is 4.82. The predicted octanol–water partition coefficient (Wildman–Crippen LogP) is 3.99. The molecule has 9 heteroatoms. The van der Waals surface area contributed by atoms with E-state index < -0.39 is 10.0 Å². The maximum atomic E-state index is 13.0. The molecule has 1 aliphatic heterocycles. The third-order valence-electron chi connectivity index (χ3n) is 8.22. The molecule has 3 heterocycles. The third-order valence-corrected chi connectivity index (χ3v) is 10.8. The highest BCUT2D eigenvalue weighted by atomic mass is 32.2. The Balaban J connectivity index is 1.20. The zero-order chi connectivity index (χ0) is 22.1. The van der Waals surface area contributed by atoms with Crippen LogP contribution in [-0.4, -0.2) is 41.3 Å². The molecular formula is C23H30N4O3S2. The predicted molar refractivity (Wildman–Crippen MR) is 123 cm³/mol. The highest BCUT2D eigenvalue weighted by Gasteiger charge is 2.52. The number of hydrogen-bond donors (Lipinski definition) is 1. The zero-order valence-corrected chi connectivity index (χ0v) is 20.1. The molecule has 1 saturated heterocycles.